The summed E-state index contributed by atoms with van der Waals surface area (Å²) < 4.78 is 27.7. The summed E-state index contributed by atoms with van der Waals surface area (Å²) in [5, 5.41) is 5.96. The van der Waals surface area contributed by atoms with E-state index in [9.17, 15) is 18.4 Å². The topological polar surface area (TPSA) is 71.1 Å². The number of nitrogens with one attached hydrogen (secondary N) is 2. The second-order valence-electron chi connectivity index (χ2n) is 6.70. The van der Waals surface area contributed by atoms with Gasteiger partial charge in [0.1, 0.15) is 23.2 Å². The predicted molar refractivity (Wildman–Crippen MR) is 103 cm³/mol. The molecule has 5 nitrogen and oxygen atoms in total. The number of para-hydroxylation sites is 1. The van der Waals surface area contributed by atoms with Gasteiger partial charge in [-0.1, -0.05) is 38.1 Å². The number of nitrogens with zero attached hydrogens (tertiary/aromatic N) is 1. The molecule has 0 fully saturated rings. The first kappa shape index (κ1) is 19.4. The summed E-state index contributed by atoms with van der Waals surface area (Å²) in [6, 6.07) is 11.3. The number of anilines is 1. The molecule has 1 heterocycles. The minimum absolute atomic E-state index is 0.313. The van der Waals surface area contributed by atoms with Crippen molar-refractivity contribution in [2.45, 2.75) is 19.9 Å². The fraction of sp³-hybridized carbons (Fsp3) is 0.190. The van der Waals surface area contributed by atoms with Crippen LogP contribution in [0, 0.1) is 17.6 Å². The smallest absolute Gasteiger partial charge is 0.257 e. The molecule has 7 heteroatoms. The lowest BCUT2D eigenvalue weighted by Gasteiger charge is -2.22. The lowest BCUT2D eigenvalue weighted by molar-refractivity contribution is -0.118. The third-order valence-electron chi connectivity index (χ3n) is 4.28. The van der Waals surface area contributed by atoms with E-state index in [-0.39, 0.29) is 5.92 Å². The van der Waals surface area contributed by atoms with Gasteiger partial charge in [0.15, 0.2) is 0 Å². The first-order valence-corrected chi connectivity index (χ1v) is 8.77. The van der Waals surface area contributed by atoms with Crippen molar-refractivity contribution >= 4 is 28.4 Å². The van der Waals surface area contributed by atoms with Crippen LogP contribution in [-0.4, -0.2) is 22.8 Å². The molecule has 1 aromatic heterocycles. The highest BCUT2D eigenvalue weighted by molar-refractivity contribution is 6.02. The summed E-state index contributed by atoms with van der Waals surface area (Å²) in [5.74, 6) is -3.77. The van der Waals surface area contributed by atoms with Crippen molar-refractivity contribution in [3.05, 3.63) is 71.9 Å². The largest absolute Gasteiger partial charge is 0.340 e. The second kappa shape index (κ2) is 8.12. The molecule has 1 unspecified atom stereocenters. The number of halogens is 2. The lowest BCUT2D eigenvalue weighted by atomic mass is 10.0. The van der Waals surface area contributed by atoms with E-state index in [1.807, 2.05) is 24.3 Å². The van der Waals surface area contributed by atoms with Gasteiger partial charge >= 0.3 is 0 Å². The minimum atomic E-state index is -0.988. The molecule has 0 aliphatic carbocycles. The Labute approximate surface area is 160 Å². The number of carbonyl (C=O) groups excluding carboxylic acids is 2. The van der Waals surface area contributed by atoms with Crippen LogP contribution < -0.4 is 10.6 Å². The van der Waals surface area contributed by atoms with Crippen LogP contribution in [-0.2, 0) is 4.79 Å². The molecular formula is C21H19F2N3O2. The average molecular weight is 383 g/mol. The van der Waals surface area contributed by atoms with Gasteiger partial charge in [0.25, 0.3) is 5.91 Å². The molecule has 2 aromatic carbocycles. The van der Waals surface area contributed by atoms with Crippen molar-refractivity contribution < 1.29 is 18.4 Å². The predicted octanol–water partition coefficient (Wildman–Crippen LogP) is 3.91. The molecular weight excluding hydrogens is 364 g/mol. The summed E-state index contributed by atoms with van der Waals surface area (Å²) in [4.78, 5) is 29.3. The number of hydrogen-bond acceptors (Lipinski definition) is 3. The van der Waals surface area contributed by atoms with Gasteiger partial charge in [-0.3, -0.25) is 14.6 Å². The van der Waals surface area contributed by atoms with Crippen LogP contribution in [0.1, 0.15) is 24.2 Å². The monoisotopic (exact) mass is 383 g/mol. The molecule has 0 aliphatic heterocycles. The number of aromatic nitrogens is 1. The Kier molecular flexibility index (Phi) is 5.63. The molecule has 0 spiro atoms. The standard InChI is InChI=1S/C21H19F2N3O2/c1-12(2)19(26-20(27)18-15(22)7-5-8-16(18)23)21(28)25-14-10-13-6-3-4-9-17(13)24-11-14/h3-12,19H,1-2H3,(H,25,28)(H,26,27). The van der Waals surface area contributed by atoms with Crippen LogP contribution in [0.4, 0.5) is 14.5 Å². The molecule has 0 aliphatic rings. The van der Waals surface area contributed by atoms with Crippen molar-refractivity contribution in [2.24, 2.45) is 5.92 Å². The molecule has 1 atom stereocenters. The highest BCUT2D eigenvalue weighted by atomic mass is 19.1. The zero-order valence-electron chi connectivity index (χ0n) is 15.4. The van der Waals surface area contributed by atoms with Gasteiger partial charge in [0.2, 0.25) is 5.91 Å². The van der Waals surface area contributed by atoms with Gasteiger partial charge in [-0.25, -0.2) is 8.78 Å². The number of pyridine rings is 1. The molecule has 0 saturated carbocycles. The Balaban J connectivity index is 1.79. The van der Waals surface area contributed by atoms with Crippen LogP contribution in [0.15, 0.2) is 54.7 Å². The van der Waals surface area contributed by atoms with Gasteiger partial charge in [-0.05, 0) is 30.2 Å². The molecule has 144 valence electrons. The maximum atomic E-state index is 13.8. The number of fused-ring (bicyclic) bond motifs is 1. The quantitative estimate of drug-likeness (QED) is 0.702. The minimum Gasteiger partial charge on any atom is -0.340 e. The Morgan fingerprint density at radius 1 is 1.00 bits per heavy atom. The zero-order valence-corrected chi connectivity index (χ0v) is 15.4. The average Bonchev–Trinajstić information content (AvgIpc) is 2.65. The van der Waals surface area contributed by atoms with E-state index < -0.39 is 35.1 Å². The molecule has 0 radical (unpaired) electrons. The SMILES string of the molecule is CC(C)C(NC(=O)c1c(F)cccc1F)C(=O)Nc1cnc2ccccc2c1. The van der Waals surface area contributed by atoms with E-state index in [0.717, 1.165) is 23.0 Å². The Morgan fingerprint density at radius 2 is 1.68 bits per heavy atom. The number of benzene rings is 2. The van der Waals surface area contributed by atoms with E-state index in [1.165, 1.54) is 12.3 Å². The first-order valence-electron chi connectivity index (χ1n) is 8.77. The third kappa shape index (κ3) is 4.14. The maximum absolute atomic E-state index is 13.8. The third-order valence-corrected chi connectivity index (χ3v) is 4.28. The van der Waals surface area contributed by atoms with Gasteiger partial charge in [0, 0.05) is 5.39 Å². The number of hydrogen-bond donors (Lipinski definition) is 2. The highest BCUT2D eigenvalue weighted by Crippen LogP contribution is 2.18. The Hall–Kier alpha value is -3.35. The molecule has 0 bridgehead atoms. The fourth-order valence-electron chi connectivity index (χ4n) is 2.82. The number of carbonyl (C=O) groups is 2. The van der Waals surface area contributed by atoms with E-state index in [1.54, 1.807) is 19.9 Å². The normalized spacial score (nSPS) is 12.0. The fourth-order valence-corrected chi connectivity index (χ4v) is 2.82. The Bertz CT molecular complexity index is 1020. The molecule has 3 aromatic rings. The van der Waals surface area contributed by atoms with Gasteiger partial charge in [-0.2, -0.15) is 0 Å². The van der Waals surface area contributed by atoms with Crippen LogP contribution in [0.5, 0.6) is 0 Å². The maximum Gasteiger partial charge on any atom is 0.257 e. The summed E-state index contributed by atoms with van der Waals surface area (Å²) >= 11 is 0. The first-order chi connectivity index (χ1) is 13.4. The lowest BCUT2D eigenvalue weighted by Crippen LogP contribution is -2.47. The Morgan fingerprint density at radius 3 is 2.36 bits per heavy atom. The summed E-state index contributed by atoms with van der Waals surface area (Å²) in [5.41, 5.74) is 0.526. The van der Waals surface area contributed by atoms with Crippen molar-refractivity contribution in [3.63, 3.8) is 0 Å². The summed E-state index contributed by atoms with van der Waals surface area (Å²) in [6.07, 6.45) is 1.51. The molecule has 2 N–H and O–H groups in total. The van der Waals surface area contributed by atoms with Crippen molar-refractivity contribution in [3.8, 4) is 0 Å². The molecule has 28 heavy (non-hydrogen) atoms. The van der Waals surface area contributed by atoms with Crippen molar-refractivity contribution in [1.29, 1.82) is 0 Å². The zero-order chi connectivity index (χ0) is 20.3. The summed E-state index contributed by atoms with van der Waals surface area (Å²) in [7, 11) is 0. The number of amides is 2. The van der Waals surface area contributed by atoms with E-state index in [2.05, 4.69) is 15.6 Å². The van der Waals surface area contributed by atoms with E-state index >= 15 is 0 Å². The van der Waals surface area contributed by atoms with E-state index in [0.29, 0.717) is 5.69 Å². The second-order valence-corrected chi connectivity index (χ2v) is 6.70. The van der Waals surface area contributed by atoms with Crippen LogP contribution in [0.25, 0.3) is 10.9 Å². The molecule has 3 rings (SSSR count). The van der Waals surface area contributed by atoms with Crippen molar-refractivity contribution in [1.82, 2.24) is 10.3 Å². The molecule has 0 saturated heterocycles. The highest BCUT2D eigenvalue weighted by Gasteiger charge is 2.27. The van der Waals surface area contributed by atoms with E-state index in [4.69, 9.17) is 0 Å². The molecule has 2 amide bonds. The van der Waals surface area contributed by atoms with Gasteiger partial charge in [0.05, 0.1) is 17.4 Å². The van der Waals surface area contributed by atoms with Crippen molar-refractivity contribution in [2.75, 3.05) is 5.32 Å². The van der Waals surface area contributed by atoms with Gasteiger partial charge < -0.3 is 10.6 Å². The number of rotatable bonds is 5. The van der Waals surface area contributed by atoms with Crippen LogP contribution in [0.3, 0.4) is 0 Å². The van der Waals surface area contributed by atoms with Crippen LogP contribution in [0.2, 0.25) is 0 Å². The van der Waals surface area contributed by atoms with Crippen LogP contribution >= 0.6 is 0 Å². The van der Waals surface area contributed by atoms with Gasteiger partial charge in [-0.15, -0.1) is 0 Å². The summed E-state index contributed by atoms with van der Waals surface area (Å²) in [6.45, 7) is 3.45.